The Morgan fingerprint density at radius 2 is 1.91 bits per heavy atom. The lowest BCUT2D eigenvalue weighted by Gasteiger charge is -2.29. The van der Waals surface area contributed by atoms with E-state index in [9.17, 15) is 15.2 Å². The van der Waals surface area contributed by atoms with Crippen LogP contribution in [0.2, 0.25) is 0 Å². The van der Waals surface area contributed by atoms with Gasteiger partial charge in [-0.3, -0.25) is 9.13 Å². The zero-order valence-electron chi connectivity index (χ0n) is 17.9. The number of rotatable bonds is 2. The standard InChI is InChI=1S/C25H20N6O2/c1-29-21-7-6-19(18-14-27-30-11-10-15(13-26)12-22(18)30)28-24(21)31(25(29)33)20-8-9-23(32)17-5-3-2-4-16(17)20/h2-7,10-12,14,20,23,32H,8-9H2,1H3/t20-,23-/m1/s1. The van der Waals surface area contributed by atoms with Crippen molar-refractivity contribution in [2.24, 2.45) is 7.05 Å². The van der Waals surface area contributed by atoms with E-state index in [0.29, 0.717) is 29.7 Å². The number of aliphatic hydroxyl groups is 1. The lowest BCUT2D eigenvalue weighted by Crippen LogP contribution is -2.30. The number of nitrogens with zero attached hydrogens (tertiary/aromatic N) is 6. The number of nitriles is 1. The van der Waals surface area contributed by atoms with E-state index in [-0.39, 0.29) is 11.7 Å². The van der Waals surface area contributed by atoms with Crippen LogP contribution in [-0.4, -0.2) is 28.8 Å². The van der Waals surface area contributed by atoms with Gasteiger partial charge < -0.3 is 5.11 Å². The summed E-state index contributed by atoms with van der Waals surface area (Å²) in [5, 5.41) is 24.2. The predicted molar refractivity (Wildman–Crippen MR) is 123 cm³/mol. The minimum atomic E-state index is -0.528. The molecule has 4 heterocycles. The molecule has 33 heavy (non-hydrogen) atoms. The highest BCUT2D eigenvalue weighted by atomic mass is 16.3. The van der Waals surface area contributed by atoms with E-state index in [2.05, 4.69) is 11.2 Å². The van der Waals surface area contributed by atoms with Crippen LogP contribution < -0.4 is 5.69 Å². The van der Waals surface area contributed by atoms with Crippen molar-refractivity contribution in [3.63, 3.8) is 0 Å². The number of pyridine rings is 2. The smallest absolute Gasteiger partial charge is 0.330 e. The zero-order valence-corrected chi connectivity index (χ0v) is 17.9. The van der Waals surface area contributed by atoms with Crippen molar-refractivity contribution in [2.75, 3.05) is 0 Å². The second kappa shape index (κ2) is 7.15. The third-order valence-electron chi connectivity index (χ3n) is 6.60. The summed E-state index contributed by atoms with van der Waals surface area (Å²) >= 11 is 0. The van der Waals surface area contributed by atoms with E-state index in [1.54, 1.807) is 45.2 Å². The first kappa shape index (κ1) is 19.5. The molecule has 0 spiro atoms. The molecule has 4 aromatic heterocycles. The van der Waals surface area contributed by atoms with Crippen LogP contribution in [0.4, 0.5) is 0 Å². The number of hydrogen-bond donors (Lipinski definition) is 1. The molecule has 0 radical (unpaired) electrons. The Bertz CT molecular complexity index is 1650. The molecular formula is C25H20N6O2. The van der Waals surface area contributed by atoms with Gasteiger partial charge in [0.1, 0.15) is 0 Å². The number of benzene rings is 1. The van der Waals surface area contributed by atoms with Crippen LogP contribution in [-0.2, 0) is 7.05 Å². The Balaban J connectivity index is 1.58. The molecule has 0 aliphatic heterocycles. The molecule has 0 saturated carbocycles. The van der Waals surface area contributed by atoms with E-state index in [0.717, 1.165) is 27.7 Å². The van der Waals surface area contributed by atoms with Crippen molar-refractivity contribution in [3.8, 4) is 17.3 Å². The first-order chi connectivity index (χ1) is 16.1. The molecule has 1 aliphatic rings. The SMILES string of the molecule is Cn1c(=O)n([C@@H]2CC[C@@H](O)c3ccccc32)c2nc(-c3cnn4ccc(C#N)cc34)ccc21. The molecule has 0 bridgehead atoms. The van der Waals surface area contributed by atoms with Gasteiger partial charge in [0.25, 0.3) is 0 Å². The Morgan fingerprint density at radius 1 is 1.09 bits per heavy atom. The normalized spacial score (nSPS) is 17.8. The van der Waals surface area contributed by atoms with Crippen molar-refractivity contribution in [1.29, 1.82) is 5.26 Å². The average Bonchev–Trinajstić information content (AvgIpc) is 3.38. The maximum Gasteiger partial charge on any atom is 0.330 e. The highest BCUT2D eigenvalue weighted by Gasteiger charge is 2.30. The zero-order chi connectivity index (χ0) is 22.7. The molecule has 2 atom stereocenters. The summed E-state index contributed by atoms with van der Waals surface area (Å²) in [7, 11) is 1.75. The van der Waals surface area contributed by atoms with Gasteiger partial charge in [-0.2, -0.15) is 10.4 Å². The van der Waals surface area contributed by atoms with Gasteiger partial charge >= 0.3 is 5.69 Å². The molecule has 5 aromatic rings. The largest absolute Gasteiger partial charge is 0.388 e. The molecule has 1 N–H and O–H groups in total. The fourth-order valence-electron chi connectivity index (χ4n) is 4.93. The first-order valence-corrected chi connectivity index (χ1v) is 10.8. The van der Waals surface area contributed by atoms with Gasteiger partial charge in [-0.05, 0) is 48.2 Å². The molecule has 8 nitrogen and oxygen atoms in total. The Hall–Kier alpha value is -4.22. The summed E-state index contributed by atoms with van der Waals surface area (Å²) in [6.07, 6.45) is 4.17. The van der Waals surface area contributed by atoms with E-state index >= 15 is 0 Å². The van der Waals surface area contributed by atoms with Crippen LogP contribution >= 0.6 is 0 Å². The van der Waals surface area contributed by atoms with Crippen LogP contribution in [0.5, 0.6) is 0 Å². The Morgan fingerprint density at radius 3 is 2.73 bits per heavy atom. The summed E-state index contributed by atoms with van der Waals surface area (Å²) in [6, 6.07) is 17.0. The van der Waals surface area contributed by atoms with Gasteiger partial charge in [-0.25, -0.2) is 14.3 Å². The molecule has 1 aromatic carbocycles. The summed E-state index contributed by atoms with van der Waals surface area (Å²) in [4.78, 5) is 18.3. The van der Waals surface area contributed by atoms with Gasteiger partial charge in [0.2, 0.25) is 0 Å². The molecule has 0 unspecified atom stereocenters. The second-order valence-corrected chi connectivity index (χ2v) is 8.40. The molecule has 0 saturated heterocycles. The molecule has 6 rings (SSSR count). The highest BCUT2D eigenvalue weighted by molar-refractivity contribution is 5.83. The minimum Gasteiger partial charge on any atom is -0.388 e. The summed E-state index contributed by atoms with van der Waals surface area (Å²) in [5.41, 5.74) is 5.78. The topological polar surface area (TPSA) is 101 Å². The second-order valence-electron chi connectivity index (χ2n) is 8.40. The molecule has 8 heteroatoms. The molecule has 0 amide bonds. The van der Waals surface area contributed by atoms with Crippen LogP contribution in [0.1, 0.15) is 41.7 Å². The number of imidazole rings is 1. The van der Waals surface area contributed by atoms with Gasteiger partial charge in [0.15, 0.2) is 5.65 Å². The fraction of sp³-hybridized carbons (Fsp3) is 0.200. The first-order valence-electron chi connectivity index (χ1n) is 10.8. The van der Waals surface area contributed by atoms with E-state index in [1.165, 1.54) is 0 Å². The molecule has 162 valence electrons. The molecule has 1 aliphatic carbocycles. The number of aliphatic hydroxyl groups excluding tert-OH is 1. The fourth-order valence-corrected chi connectivity index (χ4v) is 4.93. The minimum absolute atomic E-state index is 0.141. The Kier molecular flexibility index (Phi) is 4.22. The van der Waals surface area contributed by atoms with E-state index in [4.69, 9.17) is 4.98 Å². The summed E-state index contributed by atoms with van der Waals surface area (Å²) < 4.78 is 5.07. The lowest BCUT2D eigenvalue weighted by molar-refractivity contribution is 0.147. The number of fused-ring (bicyclic) bond motifs is 3. The third-order valence-corrected chi connectivity index (χ3v) is 6.60. The van der Waals surface area contributed by atoms with E-state index < -0.39 is 6.10 Å². The van der Waals surface area contributed by atoms with Gasteiger partial charge in [-0.15, -0.1) is 0 Å². The van der Waals surface area contributed by atoms with Crippen molar-refractivity contribution >= 4 is 16.7 Å². The van der Waals surface area contributed by atoms with Gasteiger partial charge in [0.05, 0.1) is 46.7 Å². The molecular weight excluding hydrogens is 416 g/mol. The van der Waals surface area contributed by atoms with Crippen molar-refractivity contribution < 1.29 is 5.11 Å². The van der Waals surface area contributed by atoms with Crippen molar-refractivity contribution in [2.45, 2.75) is 25.0 Å². The van der Waals surface area contributed by atoms with Gasteiger partial charge in [-0.1, -0.05) is 24.3 Å². The van der Waals surface area contributed by atoms with E-state index in [1.807, 2.05) is 36.4 Å². The summed E-state index contributed by atoms with van der Waals surface area (Å²) in [5.74, 6) is 0. The quantitative estimate of drug-likeness (QED) is 0.457. The predicted octanol–water partition coefficient (Wildman–Crippen LogP) is 3.34. The average molecular weight is 436 g/mol. The summed E-state index contributed by atoms with van der Waals surface area (Å²) in [6.45, 7) is 0. The lowest BCUT2D eigenvalue weighted by atomic mass is 9.85. The molecule has 0 fully saturated rings. The van der Waals surface area contributed by atoms with Crippen molar-refractivity contribution in [1.82, 2.24) is 23.7 Å². The van der Waals surface area contributed by atoms with Crippen LogP contribution in [0.25, 0.3) is 27.9 Å². The number of aryl methyl sites for hydroxylation is 1. The van der Waals surface area contributed by atoms with Crippen LogP contribution in [0.15, 0.2) is 65.7 Å². The maximum absolute atomic E-state index is 13.3. The third kappa shape index (κ3) is 2.83. The van der Waals surface area contributed by atoms with Crippen molar-refractivity contribution in [3.05, 3.63) is 88.1 Å². The highest BCUT2D eigenvalue weighted by Crippen LogP contribution is 2.39. The maximum atomic E-state index is 13.3. The van der Waals surface area contributed by atoms with Crippen LogP contribution in [0, 0.1) is 11.3 Å². The monoisotopic (exact) mass is 436 g/mol. The Labute approximate surface area is 188 Å². The number of hydrogen-bond acceptors (Lipinski definition) is 5. The van der Waals surface area contributed by atoms with Gasteiger partial charge in [0, 0.05) is 18.8 Å². The van der Waals surface area contributed by atoms with Crippen LogP contribution in [0.3, 0.4) is 0 Å². The number of aromatic nitrogens is 5.